The number of benzene rings is 2. The molecule has 31 heavy (non-hydrogen) atoms. The Morgan fingerprint density at radius 3 is 2.32 bits per heavy atom. The van der Waals surface area contributed by atoms with E-state index < -0.39 is 12.0 Å². The second-order valence-corrected chi connectivity index (χ2v) is 8.24. The number of ether oxygens (including phenoxy) is 1. The lowest BCUT2D eigenvalue weighted by molar-refractivity contribution is -0.136. The Morgan fingerprint density at radius 1 is 1.03 bits per heavy atom. The number of hydrogen-bond donors (Lipinski definition) is 2. The van der Waals surface area contributed by atoms with E-state index in [4.69, 9.17) is 4.74 Å². The number of likely N-dealkylation sites (tertiary alicyclic amines) is 1. The lowest BCUT2D eigenvalue weighted by Crippen LogP contribution is -2.49. The van der Waals surface area contributed by atoms with Crippen molar-refractivity contribution >= 4 is 12.0 Å². The van der Waals surface area contributed by atoms with Gasteiger partial charge in [-0.15, -0.1) is 0 Å². The number of piperidine rings is 1. The molecular formula is C25H29N3O3. The third kappa shape index (κ3) is 5.14. The largest absolute Gasteiger partial charge is 0.466 e. The van der Waals surface area contributed by atoms with E-state index in [1.54, 1.807) is 0 Å². The van der Waals surface area contributed by atoms with Crippen LogP contribution in [0.5, 0.6) is 0 Å². The van der Waals surface area contributed by atoms with Crippen LogP contribution in [0.1, 0.15) is 30.0 Å². The van der Waals surface area contributed by atoms with Crippen molar-refractivity contribution in [2.24, 2.45) is 5.92 Å². The molecule has 2 aromatic carbocycles. The van der Waals surface area contributed by atoms with Crippen molar-refractivity contribution in [3.63, 3.8) is 0 Å². The van der Waals surface area contributed by atoms with Crippen molar-refractivity contribution in [3.05, 3.63) is 83.1 Å². The Labute approximate surface area is 183 Å². The Hall–Kier alpha value is -3.12. The van der Waals surface area contributed by atoms with Gasteiger partial charge in [0.05, 0.1) is 18.7 Å². The number of nitrogens with one attached hydrogen (secondary N) is 2. The van der Waals surface area contributed by atoms with Crippen LogP contribution in [0.4, 0.5) is 4.79 Å². The number of carbonyl (C=O) groups excluding carboxylic acids is 2. The fraction of sp³-hybridized carbons (Fsp3) is 0.360. The van der Waals surface area contributed by atoms with Gasteiger partial charge in [-0.3, -0.25) is 4.90 Å². The standard InChI is InChI=1S/C25H29N3O3/c1-31-24(29)22-21(26-25(30)27-23(22)20-10-6-3-7-11-20)17-28-14-12-19(13-15-28)16-18-8-4-2-5-9-18/h2-11,19,23H,12-17H2,1H3,(H2,26,27,30). The predicted molar refractivity (Wildman–Crippen MR) is 119 cm³/mol. The van der Waals surface area contributed by atoms with Crippen LogP contribution in [-0.4, -0.2) is 43.6 Å². The maximum absolute atomic E-state index is 12.7. The van der Waals surface area contributed by atoms with E-state index >= 15 is 0 Å². The first-order valence-electron chi connectivity index (χ1n) is 10.8. The van der Waals surface area contributed by atoms with Crippen LogP contribution in [0, 0.1) is 5.92 Å². The molecule has 2 aromatic rings. The molecule has 0 bridgehead atoms. The molecule has 2 aliphatic rings. The number of nitrogens with zero attached hydrogens (tertiary/aromatic N) is 1. The molecule has 2 aliphatic heterocycles. The molecule has 0 aliphatic carbocycles. The fourth-order valence-electron chi connectivity index (χ4n) is 4.51. The van der Waals surface area contributed by atoms with Crippen LogP contribution >= 0.6 is 0 Å². The van der Waals surface area contributed by atoms with Gasteiger partial charge >= 0.3 is 12.0 Å². The van der Waals surface area contributed by atoms with Gasteiger partial charge in [-0.2, -0.15) is 0 Å². The van der Waals surface area contributed by atoms with E-state index in [1.807, 2.05) is 30.3 Å². The highest BCUT2D eigenvalue weighted by Gasteiger charge is 2.34. The summed E-state index contributed by atoms with van der Waals surface area (Å²) in [6.07, 6.45) is 3.30. The number of hydrogen-bond acceptors (Lipinski definition) is 4. The zero-order valence-electron chi connectivity index (χ0n) is 17.8. The zero-order valence-corrected chi connectivity index (χ0v) is 17.8. The van der Waals surface area contributed by atoms with Crippen molar-refractivity contribution < 1.29 is 14.3 Å². The van der Waals surface area contributed by atoms with E-state index in [9.17, 15) is 9.59 Å². The minimum Gasteiger partial charge on any atom is -0.466 e. The van der Waals surface area contributed by atoms with E-state index in [1.165, 1.54) is 12.7 Å². The second-order valence-electron chi connectivity index (χ2n) is 8.24. The molecule has 6 nitrogen and oxygen atoms in total. The molecule has 1 unspecified atom stereocenters. The summed E-state index contributed by atoms with van der Waals surface area (Å²) < 4.78 is 5.07. The Balaban J connectivity index is 1.48. The fourth-order valence-corrected chi connectivity index (χ4v) is 4.51. The van der Waals surface area contributed by atoms with Gasteiger partial charge in [-0.1, -0.05) is 60.7 Å². The van der Waals surface area contributed by atoms with Gasteiger partial charge in [-0.25, -0.2) is 9.59 Å². The molecule has 1 atom stereocenters. The van der Waals surface area contributed by atoms with E-state index in [-0.39, 0.29) is 6.03 Å². The summed E-state index contributed by atoms with van der Waals surface area (Å²) in [4.78, 5) is 27.4. The normalized spacial score (nSPS) is 20.2. The number of methoxy groups -OCH3 is 1. The third-order valence-electron chi connectivity index (χ3n) is 6.15. The third-order valence-corrected chi connectivity index (χ3v) is 6.15. The molecule has 0 aromatic heterocycles. The molecule has 162 valence electrons. The monoisotopic (exact) mass is 419 g/mol. The number of amides is 2. The van der Waals surface area contributed by atoms with Gasteiger partial charge in [0, 0.05) is 12.2 Å². The summed E-state index contributed by atoms with van der Waals surface area (Å²) in [5.41, 5.74) is 3.34. The maximum Gasteiger partial charge on any atom is 0.338 e. The molecule has 4 rings (SSSR count). The molecule has 1 fully saturated rings. The van der Waals surface area contributed by atoms with Crippen LogP contribution < -0.4 is 10.6 Å². The van der Waals surface area contributed by atoms with Crippen molar-refractivity contribution in [2.45, 2.75) is 25.3 Å². The molecule has 1 saturated heterocycles. The van der Waals surface area contributed by atoms with Crippen molar-refractivity contribution in [1.82, 2.24) is 15.5 Å². The van der Waals surface area contributed by atoms with E-state index in [0.29, 0.717) is 23.7 Å². The number of carbonyl (C=O) groups is 2. The molecular weight excluding hydrogens is 390 g/mol. The second kappa shape index (κ2) is 9.79. The van der Waals surface area contributed by atoms with E-state index in [2.05, 4.69) is 45.9 Å². The van der Waals surface area contributed by atoms with Crippen LogP contribution in [-0.2, 0) is 16.0 Å². The molecule has 6 heteroatoms. The predicted octanol–water partition coefficient (Wildman–Crippen LogP) is 3.42. The van der Waals surface area contributed by atoms with E-state index in [0.717, 1.165) is 37.9 Å². The molecule has 0 radical (unpaired) electrons. The van der Waals surface area contributed by atoms with Crippen LogP contribution in [0.3, 0.4) is 0 Å². The number of urea groups is 1. The number of rotatable bonds is 6. The summed E-state index contributed by atoms with van der Waals surface area (Å²) in [7, 11) is 1.38. The SMILES string of the molecule is COC(=O)C1=C(CN2CCC(Cc3ccccc3)CC2)NC(=O)NC1c1ccccc1. The van der Waals surface area contributed by atoms with Crippen molar-refractivity contribution in [3.8, 4) is 0 Å². The van der Waals surface area contributed by atoms with Crippen LogP contribution in [0.25, 0.3) is 0 Å². The first-order chi connectivity index (χ1) is 15.1. The average molecular weight is 420 g/mol. The van der Waals surface area contributed by atoms with Crippen molar-refractivity contribution in [2.75, 3.05) is 26.7 Å². The first-order valence-corrected chi connectivity index (χ1v) is 10.8. The average Bonchev–Trinajstić information content (AvgIpc) is 2.81. The van der Waals surface area contributed by atoms with Gasteiger partial charge < -0.3 is 15.4 Å². The molecule has 0 saturated carbocycles. The van der Waals surface area contributed by atoms with Crippen molar-refractivity contribution in [1.29, 1.82) is 0 Å². The molecule has 2 amide bonds. The minimum absolute atomic E-state index is 0.296. The molecule has 2 heterocycles. The van der Waals surface area contributed by atoms with Gasteiger partial charge in [0.15, 0.2) is 0 Å². The first kappa shape index (κ1) is 21.1. The zero-order chi connectivity index (χ0) is 21.6. The maximum atomic E-state index is 12.7. The minimum atomic E-state index is -0.520. The highest BCUT2D eigenvalue weighted by atomic mass is 16.5. The summed E-state index contributed by atoms with van der Waals surface area (Å²) >= 11 is 0. The highest BCUT2D eigenvalue weighted by molar-refractivity contribution is 5.95. The van der Waals surface area contributed by atoms with Crippen LogP contribution in [0.2, 0.25) is 0 Å². The Kier molecular flexibility index (Phi) is 6.67. The highest BCUT2D eigenvalue weighted by Crippen LogP contribution is 2.29. The smallest absolute Gasteiger partial charge is 0.338 e. The summed E-state index contributed by atoms with van der Waals surface area (Å²) in [6, 6.07) is 19.3. The Morgan fingerprint density at radius 2 is 1.68 bits per heavy atom. The van der Waals surface area contributed by atoms with Gasteiger partial charge in [0.2, 0.25) is 0 Å². The van der Waals surface area contributed by atoms with Gasteiger partial charge in [0.1, 0.15) is 0 Å². The summed E-state index contributed by atoms with van der Waals surface area (Å²) in [5, 5.41) is 5.74. The van der Waals surface area contributed by atoms with Crippen LogP contribution in [0.15, 0.2) is 71.9 Å². The lowest BCUT2D eigenvalue weighted by Gasteiger charge is -2.35. The topological polar surface area (TPSA) is 70.7 Å². The summed E-state index contributed by atoms with van der Waals surface area (Å²) in [5.74, 6) is 0.239. The number of esters is 1. The summed E-state index contributed by atoms with van der Waals surface area (Å²) in [6.45, 7) is 2.41. The lowest BCUT2D eigenvalue weighted by atomic mass is 9.89. The van der Waals surface area contributed by atoms with Gasteiger partial charge in [-0.05, 0) is 49.4 Å². The quantitative estimate of drug-likeness (QED) is 0.704. The Bertz CT molecular complexity index is 935. The molecule has 2 N–H and O–H groups in total. The molecule has 0 spiro atoms. The van der Waals surface area contributed by atoms with Gasteiger partial charge in [0.25, 0.3) is 0 Å².